The zero-order valence-electron chi connectivity index (χ0n) is 13.3. The van der Waals surface area contributed by atoms with E-state index in [0.717, 1.165) is 12.1 Å². The van der Waals surface area contributed by atoms with Crippen LogP contribution in [0.1, 0.15) is 0 Å². The highest BCUT2D eigenvalue weighted by atomic mass is 35.6. The number of hydrogen-bond acceptors (Lipinski definition) is 4. The molecular weight excluding hydrogens is 451 g/mol. The Morgan fingerprint density at radius 1 is 1.07 bits per heavy atom. The summed E-state index contributed by atoms with van der Waals surface area (Å²) in [5.41, 5.74) is -1.62. The molecule has 0 aliphatic carbocycles. The average Bonchev–Trinajstić information content (AvgIpc) is 2.96. The minimum Gasteiger partial charge on any atom is -0.445 e. The number of hydrogen-bond donors (Lipinski definition) is 1. The number of carbonyl (C=O) groups excluding carboxylic acids is 1. The van der Waals surface area contributed by atoms with Gasteiger partial charge in [0, 0.05) is 17.7 Å². The van der Waals surface area contributed by atoms with Gasteiger partial charge in [-0.1, -0.05) is 40.0 Å². The van der Waals surface area contributed by atoms with E-state index in [4.69, 9.17) is 39.3 Å². The van der Waals surface area contributed by atoms with Crippen LogP contribution < -0.4 is 5.32 Å². The summed E-state index contributed by atoms with van der Waals surface area (Å²) in [7, 11) is 0. The zero-order chi connectivity index (χ0) is 20.6. The third kappa shape index (κ3) is 4.26. The molecule has 0 fully saturated rings. The fraction of sp³-hybridized carbons (Fsp3) is 0.125. The number of amides is 1. The fourth-order valence-electron chi connectivity index (χ4n) is 2.40. The molecular formula is C16H7Cl3F4N2O3. The van der Waals surface area contributed by atoms with E-state index < -0.39 is 56.7 Å². The lowest BCUT2D eigenvalue weighted by molar-refractivity contribution is 0.163. The van der Waals surface area contributed by atoms with Crippen LogP contribution >= 0.6 is 34.8 Å². The van der Waals surface area contributed by atoms with Crippen LogP contribution in [0.2, 0.25) is 0 Å². The lowest BCUT2D eigenvalue weighted by atomic mass is 9.99. The molecule has 0 aliphatic rings. The Labute approximate surface area is 169 Å². The van der Waals surface area contributed by atoms with Crippen molar-refractivity contribution in [2.75, 3.05) is 11.9 Å². The molecule has 0 atom stereocenters. The number of aromatic nitrogens is 1. The van der Waals surface area contributed by atoms with Crippen molar-refractivity contribution >= 4 is 57.7 Å². The Hall–Kier alpha value is -2.23. The fourth-order valence-corrected chi connectivity index (χ4v) is 2.56. The molecule has 0 radical (unpaired) electrons. The van der Waals surface area contributed by atoms with Crippen LogP contribution in [-0.4, -0.2) is 21.6 Å². The molecule has 2 aromatic carbocycles. The van der Waals surface area contributed by atoms with E-state index in [9.17, 15) is 22.4 Å². The van der Waals surface area contributed by atoms with Crippen LogP contribution in [0.4, 0.5) is 28.2 Å². The summed E-state index contributed by atoms with van der Waals surface area (Å²) in [5, 5.41) is 5.33. The van der Waals surface area contributed by atoms with Crippen molar-refractivity contribution in [1.82, 2.24) is 5.16 Å². The topological polar surface area (TPSA) is 64.4 Å². The second kappa shape index (κ2) is 7.65. The molecule has 1 N–H and O–H groups in total. The number of ether oxygens (including phenoxy) is 1. The number of anilines is 1. The van der Waals surface area contributed by atoms with Gasteiger partial charge in [0.1, 0.15) is 29.9 Å². The number of nitrogens with zero attached hydrogens (tertiary/aromatic N) is 1. The largest absolute Gasteiger partial charge is 0.445 e. The first kappa shape index (κ1) is 20.5. The van der Waals surface area contributed by atoms with Gasteiger partial charge in [-0.15, -0.1) is 0 Å². The summed E-state index contributed by atoms with van der Waals surface area (Å²) >= 11 is 16.4. The third-order valence-corrected chi connectivity index (χ3v) is 3.76. The maximum absolute atomic E-state index is 14.5. The van der Waals surface area contributed by atoms with E-state index in [2.05, 4.69) is 15.2 Å². The first-order chi connectivity index (χ1) is 13.1. The van der Waals surface area contributed by atoms with Crippen LogP contribution in [-0.2, 0) is 4.74 Å². The van der Waals surface area contributed by atoms with Crippen molar-refractivity contribution in [3.05, 3.63) is 47.5 Å². The summed E-state index contributed by atoms with van der Waals surface area (Å²) < 4.78 is 63.8. The Morgan fingerprint density at radius 3 is 2.32 bits per heavy atom. The Balaban J connectivity index is 2.09. The minimum atomic E-state index is -1.89. The van der Waals surface area contributed by atoms with Crippen molar-refractivity contribution in [3.8, 4) is 11.1 Å². The summed E-state index contributed by atoms with van der Waals surface area (Å²) in [5.74, 6) is -5.41. The molecule has 5 nitrogen and oxygen atoms in total. The Kier molecular flexibility index (Phi) is 5.60. The van der Waals surface area contributed by atoms with E-state index >= 15 is 0 Å². The first-order valence-corrected chi connectivity index (χ1v) is 8.43. The highest BCUT2D eigenvalue weighted by molar-refractivity contribution is 6.67. The summed E-state index contributed by atoms with van der Waals surface area (Å²) in [6.45, 7) is -0.623. The van der Waals surface area contributed by atoms with Gasteiger partial charge in [-0.2, -0.15) is 0 Å². The number of carbonyl (C=O) groups is 1. The molecule has 3 aromatic rings. The number of rotatable bonds is 3. The van der Waals surface area contributed by atoms with Crippen LogP contribution in [0, 0.1) is 23.3 Å². The zero-order valence-corrected chi connectivity index (χ0v) is 15.6. The molecule has 0 saturated heterocycles. The van der Waals surface area contributed by atoms with Crippen LogP contribution in [0.15, 0.2) is 28.8 Å². The lowest BCUT2D eigenvalue weighted by Gasteiger charge is -2.12. The molecule has 12 heteroatoms. The summed E-state index contributed by atoms with van der Waals surface area (Å²) in [4.78, 5) is 11.8. The Bertz CT molecular complexity index is 1050. The van der Waals surface area contributed by atoms with Gasteiger partial charge < -0.3 is 9.26 Å². The van der Waals surface area contributed by atoms with Gasteiger partial charge in [0.05, 0.1) is 10.9 Å². The molecule has 0 bridgehead atoms. The predicted molar refractivity (Wildman–Crippen MR) is 94.5 cm³/mol. The number of benzene rings is 2. The van der Waals surface area contributed by atoms with Crippen LogP contribution in [0.25, 0.3) is 22.1 Å². The maximum Gasteiger partial charge on any atom is 0.413 e. The van der Waals surface area contributed by atoms with Crippen molar-refractivity contribution in [2.24, 2.45) is 0 Å². The van der Waals surface area contributed by atoms with Gasteiger partial charge in [-0.05, 0) is 12.1 Å². The quantitative estimate of drug-likeness (QED) is 0.389. The first-order valence-electron chi connectivity index (χ1n) is 7.30. The van der Waals surface area contributed by atoms with Gasteiger partial charge in [0.15, 0.2) is 11.4 Å². The highest BCUT2D eigenvalue weighted by Crippen LogP contribution is 2.38. The monoisotopic (exact) mass is 456 g/mol. The normalized spacial score (nSPS) is 11.7. The second-order valence-corrected chi connectivity index (χ2v) is 7.90. The van der Waals surface area contributed by atoms with E-state index in [0.29, 0.717) is 12.1 Å². The number of fused-ring (bicyclic) bond motifs is 1. The molecule has 0 spiro atoms. The number of alkyl halides is 3. The predicted octanol–water partition coefficient (Wildman–Crippen LogP) is 5.97. The van der Waals surface area contributed by atoms with Gasteiger partial charge in [-0.25, -0.2) is 22.4 Å². The lowest BCUT2D eigenvalue weighted by Crippen LogP contribution is -2.21. The molecule has 1 heterocycles. The molecule has 1 amide bonds. The van der Waals surface area contributed by atoms with Gasteiger partial charge in [0.25, 0.3) is 0 Å². The van der Waals surface area contributed by atoms with E-state index in [-0.39, 0.29) is 11.0 Å². The number of halogens is 7. The van der Waals surface area contributed by atoms with Gasteiger partial charge >= 0.3 is 6.09 Å². The van der Waals surface area contributed by atoms with Crippen LogP contribution in [0.5, 0.6) is 0 Å². The standard InChI is InChI=1S/C16H7Cl3F4N2O3/c17-16(18,19)5-27-15(26)24-14-13-10(28-25-14)2-1-7(21)12(13)11-8(22)3-6(20)4-9(11)23/h1-4H,5H2,(H,24,25,26). The van der Waals surface area contributed by atoms with Gasteiger partial charge in [-0.3, -0.25) is 5.32 Å². The van der Waals surface area contributed by atoms with Crippen molar-refractivity contribution in [2.45, 2.75) is 3.79 Å². The molecule has 28 heavy (non-hydrogen) atoms. The Morgan fingerprint density at radius 2 is 1.71 bits per heavy atom. The maximum atomic E-state index is 14.5. The smallest absolute Gasteiger partial charge is 0.413 e. The van der Waals surface area contributed by atoms with E-state index in [1.165, 1.54) is 0 Å². The van der Waals surface area contributed by atoms with Crippen molar-refractivity contribution in [3.63, 3.8) is 0 Å². The SMILES string of the molecule is O=C(Nc1noc2ccc(F)c(-c3c(F)cc(F)cc3F)c12)OCC(Cl)(Cl)Cl. The van der Waals surface area contributed by atoms with Crippen LogP contribution in [0.3, 0.4) is 0 Å². The van der Waals surface area contributed by atoms with Crippen molar-refractivity contribution in [1.29, 1.82) is 0 Å². The highest BCUT2D eigenvalue weighted by Gasteiger charge is 2.26. The summed E-state index contributed by atoms with van der Waals surface area (Å²) in [6.07, 6.45) is -1.16. The summed E-state index contributed by atoms with van der Waals surface area (Å²) in [6, 6.07) is 2.76. The molecule has 1 aromatic heterocycles. The molecule has 0 unspecified atom stereocenters. The second-order valence-electron chi connectivity index (χ2n) is 5.39. The molecule has 3 rings (SSSR count). The number of nitrogens with one attached hydrogen (secondary N) is 1. The third-order valence-electron chi connectivity index (χ3n) is 3.43. The minimum absolute atomic E-state index is 0.115. The molecule has 0 aliphatic heterocycles. The van der Waals surface area contributed by atoms with Crippen molar-refractivity contribution < 1.29 is 31.6 Å². The molecule has 0 saturated carbocycles. The van der Waals surface area contributed by atoms with E-state index in [1.54, 1.807) is 0 Å². The molecule has 148 valence electrons. The van der Waals surface area contributed by atoms with Gasteiger partial charge in [0.2, 0.25) is 3.79 Å². The van der Waals surface area contributed by atoms with E-state index in [1.807, 2.05) is 0 Å². The average molecular weight is 458 g/mol.